The lowest BCUT2D eigenvalue weighted by Crippen LogP contribution is -1.88. The number of carbonyl (C=O) groups is 1. The Hall–Kier alpha value is -0.590. The van der Waals surface area contributed by atoms with E-state index in [1.54, 1.807) is 0 Å². The van der Waals surface area contributed by atoms with E-state index < -0.39 is 0 Å². The van der Waals surface area contributed by atoms with Crippen molar-refractivity contribution in [3.63, 3.8) is 0 Å². The number of rotatable bonds is 28. The molecule has 1 nitrogen and oxygen atoms in total. The molecule has 0 fully saturated rings. The summed E-state index contributed by atoms with van der Waals surface area (Å²) in [5.74, 6) is 0. The van der Waals surface area contributed by atoms with Gasteiger partial charge in [0.15, 0.2) is 0 Å². The molecule has 0 saturated carbocycles. The molecule has 0 unspecified atom stereocenters. The summed E-state index contributed by atoms with van der Waals surface area (Å²) in [7, 11) is 0. The van der Waals surface area contributed by atoms with E-state index in [9.17, 15) is 4.79 Å². The van der Waals surface area contributed by atoms with Crippen LogP contribution in [0, 0.1) is 0 Å². The van der Waals surface area contributed by atoms with E-state index in [0.717, 1.165) is 24.7 Å². The summed E-state index contributed by atoms with van der Waals surface area (Å²) in [4.78, 5) is 11.3. The standard InChI is InChI=1S/C32H62O/c1-3-5-7-9-11-13-15-17-19-21-23-25-27-29-32(31-33)30-28-26-24-22-20-18-16-14-12-10-8-6-4-2/h29,31H,3-28,30H2,1-2H3. The first kappa shape index (κ1) is 32.4. The van der Waals surface area contributed by atoms with Crippen LogP contribution < -0.4 is 0 Å². The van der Waals surface area contributed by atoms with Crippen molar-refractivity contribution in [3.8, 4) is 0 Å². The highest BCUT2D eigenvalue weighted by Gasteiger charge is 1.98. The van der Waals surface area contributed by atoms with Crippen LogP contribution >= 0.6 is 0 Å². The van der Waals surface area contributed by atoms with Crippen molar-refractivity contribution in [2.75, 3.05) is 0 Å². The quantitative estimate of drug-likeness (QED) is 0.0641. The number of hydrogen-bond donors (Lipinski definition) is 0. The minimum absolute atomic E-state index is 1.000. The molecule has 0 bridgehead atoms. The van der Waals surface area contributed by atoms with Crippen LogP contribution in [0.1, 0.15) is 187 Å². The first-order valence-corrected chi connectivity index (χ1v) is 15.5. The number of hydrogen-bond acceptors (Lipinski definition) is 1. The molecule has 33 heavy (non-hydrogen) atoms. The zero-order valence-electron chi connectivity index (χ0n) is 23.2. The van der Waals surface area contributed by atoms with Gasteiger partial charge in [-0.05, 0) is 31.3 Å². The Morgan fingerprint density at radius 2 is 0.727 bits per heavy atom. The maximum atomic E-state index is 11.3. The van der Waals surface area contributed by atoms with Gasteiger partial charge in [0.1, 0.15) is 6.29 Å². The molecule has 0 amide bonds. The fourth-order valence-electron chi connectivity index (χ4n) is 4.83. The fraction of sp³-hybridized carbons (Fsp3) is 0.906. The smallest absolute Gasteiger partial charge is 0.145 e. The summed E-state index contributed by atoms with van der Waals surface area (Å²) < 4.78 is 0. The van der Waals surface area contributed by atoms with Gasteiger partial charge in [0.25, 0.3) is 0 Å². The number of unbranched alkanes of at least 4 members (excludes halogenated alkanes) is 24. The summed E-state index contributed by atoms with van der Waals surface area (Å²) in [5, 5.41) is 0. The molecule has 0 radical (unpaired) electrons. The highest BCUT2D eigenvalue weighted by atomic mass is 16.1. The predicted molar refractivity (Wildman–Crippen MR) is 150 cm³/mol. The normalized spacial score (nSPS) is 11.9. The summed E-state index contributed by atoms with van der Waals surface area (Å²) in [6, 6.07) is 0. The van der Waals surface area contributed by atoms with E-state index in [0.29, 0.717) is 0 Å². The molecule has 0 heterocycles. The third kappa shape index (κ3) is 27.5. The summed E-state index contributed by atoms with van der Waals surface area (Å²) in [6.45, 7) is 4.58. The monoisotopic (exact) mass is 462 g/mol. The molecule has 0 rings (SSSR count). The highest BCUT2D eigenvalue weighted by molar-refractivity contribution is 5.72. The maximum Gasteiger partial charge on any atom is 0.145 e. The average molecular weight is 463 g/mol. The van der Waals surface area contributed by atoms with Gasteiger partial charge >= 0.3 is 0 Å². The van der Waals surface area contributed by atoms with Crippen LogP contribution in [0.2, 0.25) is 0 Å². The van der Waals surface area contributed by atoms with Gasteiger partial charge in [0, 0.05) is 0 Å². The number of allylic oxidation sites excluding steroid dienone is 2. The van der Waals surface area contributed by atoms with Crippen molar-refractivity contribution in [1.82, 2.24) is 0 Å². The van der Waals surface area contributed by atoms with Crippen molar-refractivity contribution in [2.24, 2.45) is 0 Å². The van der Waals surface area contributed by atoms with Gasteiger partial charge in [-0.1, -0.05) is 168 Å². The van der Waals surface area contributed by atoms with E-state index in [2.05, 4.69) is 19.9 Å². The van der Waals surface area contributed by atoms with Gasteiger partial charge in [-0.2, -0.15) is 0 Å². The third-order valence-electron chi connectivity index (χ3n) is 7.18. The van der Waals surface area contributed by atoms with Gasteiger partial charge in [0.2, 0.25) is 0 Å². The van der Waals surface area contributed by atoms with Crippen molar-refractivity contribution in [3.05, 3.63) is 11.6 Å². The molecule has 0 aliphatic carbocycles. The zero-order chi connectivity index (χ0) is 24.1. The molecule has 0 aromatic rings. The van der Waals surface area contributed by atoms with Gasteiger partial charge in [-0.15, -0.1) is 0 Å². The largest absolute Gasteiger partial charge is 0.298 e. The van der Waals surface area contributed by atoms with Gasteiger partial charge < -0.3 is 0 Å². The van der Waals surface area contributed by atoms with Gasteiger partial charge in [-0.3, -0.25) is 4.79 Å². The summed E-state index contributed by atoms with van der Waals surface area (Å²) in [5.41, 5.74) is 1.06. The molecule has 0 aromatic heterocycles. The van der Waals surface area contributed by atoms with Crippen LogP contribution in [0.4, 0.5) is 0 Å². The Morgan fingerprint density at radius 1 is 0.424 bits per heavy atom. The van der Waals surface area contributed by atoms with Crippen LogP contribution in [0.3, 0.4) is 0 Å². The third-order valence-corrected chi connectivity index (χ3v) is 7.18. The highest BCUT2D eigenvalue weighted by Crippen LogP contribution is 2.16. The number of carbonyl (C=O) groups excluding carboxylic acids is 1. The second-order valence-corrected chi connectivity index (χ2v) is 10.6. The lowest BCUT2D eigenvalue weighted by Gasteiger charge is -2.04. The Labute approximate surface area is 210 Å². The molecule has 0 aliphatic rings. The van der Waals surface area contributed by atoms with Gasteiger partial charge in [-0.25, -0.2) is 0 Å². The minimum atomic E-state index is 1.000. The van der Waals surface area contributed by atoms with Crippen molar-refractivity contribution >= 4 is 6.29 Å². The molecule has 0 atom stereocenters. The van der Waals surface area contributed by atoms with Crippen LogP contribution in [0.25, 0.3) is 0 Å². The van der Waals surface area contributed by atoms with Crippen LogP contribution in [0.15, 0.2) is 11.6 Å². The van der Waals surface area contributed by atoms with E-state index in [1.165, 1.54) is 161 Å². The fourth-order valence-corrected chi connectivity index (χ4v) is 4.83. The van der Waals surface area contributed by atoms with Crippen molar-refractivity contribution < 1.29 is 4.79 Å². The van der Waals surface area contributed by atoms with E-state index in [-0.39, 0.29) is 0 Å². The van der Waals surface area contributed by atoms with Crippen LogP contribution in [-0.4, -0.2) is 6.29 Å². The molecule has 1 heteroatoms. The van der Waals surface area contributed by atoms with Crippen molar-refractivity contribution in [2.45, 2.75) is 187 Å². The predicted octanol–water partition coefficient (Wildman–Crippen LogP) is 11.7. The molecule has 0 aliphatic heterocycles. The van der Waals surface area contributed by atoms with E-state index in [1.807, 2.05) is 0 Å². The Balaban J connectivity index is 3.36. The molecule has 196 valence electrons. The van der Waals surface area contributed by atoms with E-state index >= 15 is 0 Å². The number of aldehydes is 1. The molecule has 0 spiro atoms. The lowest BCUT2D eigenvalue weighted by molar-refractivity contribution is -0.105. The SMILES string of the molecule is CCCCCCCCCCCCCCC=C(C=O)CCCCCCCCCCCCCCC. The second kappa shape index (κ2) is 29.4. The Morgan fingerprint density at radius 3 is 1.06 bits per heavy atom. The molecule has 0 saturated heterocycles. The van der Waals surface area contributed by atoms with Crippen LogP contribution in [0.5, 0.6) is 0 Å². The molecule has 0 N–H and O–H groups in total. The zero-order valence-corrected chi connectivity index (χ0v) is 23.2. The van der Waals surface area contributed by atoms with Crippen molar-refractivity contribution in [1.29, 1.82) is 0 Å². The molecular weight excluding hydrogens is 400 g/mol. The molecule has 0 aromatic carbocycles. The first-order valence-electron chi connectivity index (χ1n) is 15.5. The first-order chi connectivity index (χ1) is 16.3. The average Bonchev–Trinajstić information content (AvgIpc) is 2.83. The minimum Gasteiger partial charge on any atom is -0.298 e. The van der Waals surface area contributed by atoms with Crippen LogP contribution in [-0.2, 0) is 4.79 Å². The lowest BCUT2D eigenvalue weighted by atomic mass is 10.0. The maximum absolute atomic E-state index is 11.3. The topological polar surface area (TPSA) is 17.1 Å². The summed E-state index contributed by atoms with van der Waals surface area (Å²) >= 11 is 0. The second-order valence-electron chi connectivity index (χ2n) is 10.6. The summed E-state index contributed by atoms with van der Waals surface area (Å²) in [6.07, 6.45) is 40.2. The molecular formula is C32H62O. The Bertz CT molecular complexity index is 397. The van der Waals surface area contributed by atoms with Gasteiger partial charge in [0.05, 0.1) is 0 Å². The Kier molecular flexibility index (Phi) is 28.9. The van der Waals surface area contributed by atoms with E-state index in [4.69, 9.17) is 0 Å².